The van der Waals surface area contributed by atoms with Gasteiger partial charge in [-0.25, -0.2) is 0 Å². The minimum Gasteiger partial charge on any atom is -0.348 e. The number of carbonyl (C=O) groups is 2. The van der Waals surface area contributed by atoms with Crippen LogP contribution >= 0.6 is 11.8 Å². The molecule has 36 heavy (non-hydrogen) atoms. The molecule has 2 heterocycles. The Kier molecular flexibility index (Phi) is 8.04. The number of carbonyl (C=O) groups excluding carboxylic acids is 2. The highest BCUT2D eigenvalue weighted by molar-refractivity contribution is 8.00. The van der Waals surface area contributed by atoms with E-state index in [1.807, 2.05) is 59.5 Å². The fraction of sp³-hybridized carbons (Fsp3) is 0.333. The molecule has 0 aliphatic carbocycles. The molecular weight excluding hydrogens is 466 g/mol. The summed E-state index contributed by atoms with van der Waals surface area (Å²) in [4.78, 5) is 29.7. The average Bonchev–Trinajstić information content (AvgIpc) is 3.29. The van der Waals surface area contributed by atoms with Gasteiger partial charge in [0.2, 0.25) is 5.91 Å². The Morgan fingerprint density at radius 1 is 0.806 bits per heavy atom. The fourth-order valence-electron chi connectivity index (χ4n) is 4.90. The molecule has 3 aromatic rings. The summed E-state index contributed by atoms with van der Waals surface area (Å²) in [5.41, 5.74) is 5.22. The molecule has 0 saturated carbocycles. The van der Waals surface area contributed by atoms with Crippen LogP contribution in [0.2, 0.25) is 0 Å². The van der Waals surface area contributed by atoms with Gasteiger partial charge >= 0.3 is 0 Å². The van der Waals surface area contributed by atoms with Crippen molar-refractivity contribution < 1.29 is 9.59 Å². The third-order valence-corrected chi connectivity index (χ3v) is 8.21. The van der Waals surface area contributed by atoms with E-state index >= 15 is 0 Å². The third-order valence-electron chi connectivity index (χ3n) is 6.95. The second kappa shape index (κ2) is 11.8. The van der Waals surface area contributed by atoms with Crippen molar-refractivity contribution in [3.05, 3.63) is 107 Å². The maximum absolute atomic E-state index is 12.8. The number of nitrogens with zero attached hydrogens (tertiary/aromatic N) is 2. The first kappa shape index (κ1) is 24.6. The second-order valence-electron chi connectivity index (χ2n) is 9.63. The van der Waals surface area contributed by atoms with Crippen molar-refractivity contribution in [2.24, 2.45) is 0 Å². The molecular formula is C30H33N3O2S. The monoisotopic (exact) mass is 499 g/mol. The maximum atomic E-state index is 12.8. The number of benzene rings is 3. The van der Waals surface area contributed by atoms with Gasteiger partial charge in [-0.15, -0.1) is 11.8 Å². The van der Waals surface area contributed by atoms with Gasteiger partial charge in [-0.3, -0.25) is 14.5 Å². The number of nitrogens with one attached hydrogen (secondary N) is 1. The summed E-state index contributed by atoms with van der Waals surface area (Å²) >= 11 is 1.64. The summed E-state index contributed by atoms with van der Waals surface area (Å²) in [7, 11) is 0. The van der Waals surface area contributed by atoms with E-state index < -0.39 is 0 Å². The van der Waals surface area contributed by atoms with Gasteiger partial charge in [0.15, 0.2) is 0 Å². The molecule has 2 amide bonds. The number of likely N-dealkylation sites (tertiary alicyclic amines) is 1. The molecule has 2 aliphatic rings. The Bertz CT molecular complexity index is 1160. The predicted octanol–water partition coefficient (Wildman–Crippen LogP) is 5.38. The van der Waals surface area contributed by atoms with Crippen LogP contribution in [-0.2, 0) is 24.4 Å². The molecule has 3 aromatic carbocycles. The molecule has 1 N–H and O–H groups in total. The van der Waals surface area contributed by atoms with Gasteiger partial charge < -0.3 is 10.2 Å². The summed E-state index contributed by atoms with van der Waals surface area (Å²) in [5.74, 6) is 0.546. The average molecular weight is 500 g/mol. The number of hydrogen-bond donors (Lipinski definition) is 1. The Hall–Kier alpha value is -3.09. The first-order chi connectivity index (χ1) is 17.7. The molecule has 6 heteroatoms. The lowest BCUT2D eigenvalue weighted by Gasteiger charge is -2.26. The van der Waals surface area contributed by atoms with E-state index in [0.29, 0.717) is 24.4 Å². The summed E-state index contributed by atoms with van der Waals surface area (Å²) in [6, 6.07) is 26.3. The lowest BCUT2D eigenvalue weighted by molar-refractivity contribution is -0.128. The van der Waals surface area contributed by atoms with Gasteiger partial charge in [0.25, 0.3) is 5.91 Å². The first-order valence-corrected chi connectivity index (χ1v) is 13.8. The first-order valence-electron chi connectivity index (χ1n) is 12.8. The van der Waals surface area contributed by atoms with Crippen LogP contribution in [0.5, 0.6) is 0 Å². The predicted molar refractivity (Wildman–Crippen MR) is 145 cm³/mol. The molecule has 2 saturated heterocycles. The van der Waals surface area contributed by atoms with Gasteiger partial charge in [-0.1, -0.05) is 73.2 Å². The molecule has 2 aliphatic heterocycles. The zero-order valence-electron chi connectivity index (χ0n) is 20.6. The lowest BCUT2D eigenvalue weighted by Crippen LogP contribution is -2.29. The lowest BCUT2D eigenvalue weighted by atomic mass is 10.1. The molecule has 2 fully saturated rings. The van der Waals surface area contributed by atoms with E-state index in [-0.39, 0.29) is 17.2 Å². The quantitative estimate of drug-likeness (QED) is 0.452. The van der Waals surface area contributed by atoms with Crippen molar-refractivity contribution in [1.82, 2.24) is 15.1 Å². The number of piperidine rings is 1. The Morgan fingerprint density at radius 3 is 2.19 bits per heavy atom. The molecule has 0 spiro atoms. The van der Waals surface area contributed by atoms with Crippen LogP contribution in [0.15, 0.2) is 78.9 Å². The van der Waals surface area contributed by atoms with E-state index in [4.69, 9.17) is 0 Å². The van der Waals surface area contributed by atoms with Crippen molar-refractivity contribution in [1.29, 1.82) is 0 Å². The highest BCUT2D eigenvalue weighted by Gasteiger charge is 2.32. The summed E-state index contributed by atoms with van der Waals surface area (Å²) in [5, 5.41) is 3.01. The summed E-state index contributed by atoms with van der Waals surface area (Å²) in [6.07, 6.45) is 3.95. The van der Waals surface area contributed by atoms with Crippen LogP contribution in [0.4, 0.5) is 0 Å². The van der Waals surface area contributed by atoms with Gasteiger partial charge in [0.1, 0.15) is 5.37 Å². The molecule has 186 valence electrons. The van der Waals surface area contributed by atoms with Crippen LogP contribution in [0.25, 0.3) is 0 Å². The van der Waals surface area contributed by atoms with Crippen LogP contribution in [0.3, 0.4) is 0 Å². The van der Waals surface area contributed by atoms with Crippen molar-refractivity contribution in [2.45, 2.75) is 44.3 Å². The van der Waals surface area contributed by atoms with Crippen LogP contribution < -0.4 is 5.32 Å². The van der Waals surface area contributed by atoms with E-state index in [1.165, 1.54) is 37.9 Å². The van der Waals surface area contributed by atoms with Gasteiger partial charge in [0.05, 0.1) is 5.75 Å². The van der Waals surface area contributed by atoms with E-state index in [2.05, 4.69) is 34.5 Å². The van der Waals surface area contributed by atoms with Crippen molar-refractivity contribution in [3.8, 4) is 0 Å². The second-order valence-corrected chi connectivity index (χ2v) is 10.7. The highest BCUT2D eigenvalue weighted by Crippen LogP contribution is 2.39. The summed E-state index contributed by atoms with van der Waals surface area (Å²) in [6.45, 7) is 4.49. The Morgan fingerprint density at radius 2 is 1.47 bits per heavy atom. The Labute approximate surface area is 217 Å². The highest BCUT2D eigenvalue weighted by atomic mass is 32.2. The van der Waals surface area contributed by atoms with Crippen molar-refractivity contribution in [3.63, 3.8) is 0 Å². The molecule has 1 atom stereocenters. The SMILES string of the molecule is O=C(NCc1ccc(CN2CCCCC2)cc1)c1ccc(C2SCC(=O)N2Cc2ccccc2)cc1. The standard InChI is InChI=1S/C30H33N3O2S/c34-28-22-36-30(33(28)21-24-7-3-1-4-8-24)27-15-13-26(14-16-27)29(35)31-19-23-9-11-25(12-10-23)20-32-17-5-2-6-18-32/h1,3-4,7-16,30H,2,5-6,17-22H2,(H,31,35). The van der Waals surface area contributed by atoms with Crippen LogP contribution in [0, 0.1) is 0 Å². The largest absolute Gasteiger partial charge is 0.348 e. The topological polar surface area (TPSA) is 52.7 Å². The fourth-order valence-corrected chi connectivity index (χ4v) is 6.09. The van der Waals surface area contributed by atoms with Crippen LogP contribution in [0.1, 0.15) is 57.2 Å². The number of thioether (sulfide) groups is 1. The normalized spacial score (nSPS) is 18.4. The van der Waals surface area contributed by atoms with Crippen molar-refractivity contribution >= 4 is 23.6 Å². The van der Waals surface area contributed by atoms with Crippen molar-refractivity contribution in [2.75, 3.05) is 18.8 Å². The molecule has 0 bridgehead atoms. The van der Waals surface area contributed by atoms with Gasteiger partial charge in [-0.2, -0.15) is 0 Å². The minimum absolute atomic E-state index is 0.0294. The van der Waals surface area contributed by atoms with Crippen LogP contribution in [-0.4, -0.2) is 40.5 Å². The molecule has 1 unspecified atom stereocenters. The van der Waals surface area contributed by atoms with E-state index in [1.54, 1.807) is 11.8 Å². The minimum atomic E-state index is -0.0877. The zero-order valence-corrected chi connectivity index (χ0v) is 21.4. The third kappa shape index (κ3) is 6.18. The smallest absolute Gasteiger partial charge is 0.251 e. The van der Waals surface area contributed by atoms with E-state index in [9.17, 15) is 9.59 Å². The number of rotatable bonds is 8. The van der Waals surface area contributed by atoms with Gasteiger partial charge in [-0.05, 0) is 60.3 Å². The zero-order chi connectivity index (χ0) is 24.7. The Balaban J connectivity index is 1.15. The maximum Gasteiger partial charge on any atom is 0.251 e. The molecule has 5 nitrogen and oxygen atoms in total. The van der Waals surface area contributed by atoms with E-state index in [0.717, 1.165) is 23.2 Å². The molecule has 5 rings (SSSR count). The molecule has 0 radical (unpaired) electrons. The van der Waals surface area contributed by atoms with Gasteiger partial charge in [0, 0.05) is 25.2 Å². The number of amides is 2. The molecule has 0 aromatic heterocycles. The summed E-state index contributed by atoms with van der Waals surface area (Å²) < 4.78 is 0. The number of hydrogen-bond acceptors (Lipinski definition) is 4.